The molecule has 0 aromatic carbocycles. The van der Waals surface area contributed by atoms with Gasteiger partial charge < -0.3 is 0 Å². The van der Waals surface area contributed by atoms with Crippen molar-refractivity contribution in [3.8, 4) is 0 Å². The Labute approximate surface area is 116 Å². The summed E-state index contributed by atoms with van der Waals surface area (Å²) in [7, 11) is 0. The van der Waals surface area contributed by atoms with Gasteiger partial charge in [-0.05, 0) is 24.0 Å². The molecule has 0 aliphatic heterocycles. The van der Waals surface area contributed by atoms with Crippen LogP contribution in [0, 0.1) is 15.5 Å². The second-order valence-electron chi connectivity index (χ2n) is 5.20. The molecule has 0 bridgehead atoms. The standard InChI is InChI=1S/C12H17N3O3S/c16-11-13-6-10(15(17)18)7-14(11)8-12(9-19)4-2-1-3-5-12/h6-7,19H,1-5,8-9H2. The summed E-state index contributed by atoms with van der Waals surface area (Å²) in [5, 5.41) is 10.7. The van der Waals surface area contributed by atoms with E-state index in [9.17, 15) is 14.9 Å². The minimum atomic E-state index is -0.531. The molecule has 1 aromatic rings. The van der Waals surface area contributed by atoms with Gasteiger partial charge in [-0.1, -0.05) is 19.3 Å². The highest BCUT2D eigenvalue weighted by Crippen LogP contribution is 2.38. The lowest BCUT2D eigenvalue weighted by atomic mass is 9.75. The number of nitrogens with zero attached hydrogens (tertiary/aromatic N) is 3. The number of thiol groups is 1. The molecule has 1 aliphatic carbocycles. The van der Waals surface area contributed by atoms with Crippen LogP contribution in [-0.2, 0) is 6.54 Å². The van der Waals surface area contributed by atoms with Gasteiger partial charge in [0.1, 0.15) is 6.20 Å². The van der Waals surface area contributed by atoms with Gasteiger partial charge in [0.15, 0.2) is 0 Å². The van der Waals surface area contributed by atoms with Gasteiger partial charge in [0.25, 0.3) is 0 Å². The number of nitro groups is 1. The van der Waals surface area contributed by atoms with E-state index in [-0.39, 0.29) is 11.1 Å². The SMILES string of the molecule is O=c1ncc([N+](=O)[O-])cn1CC1(CS)CCCCC1. The second-order valence-corrected chi connectivity index (χ2v) is 5.51. The van der Waals surface area contributed by atoms with Crippen molar-refractivity contribution in [3.63, 3.8) is 0 Å². The zero-order valence-electron chi connectivity index (χ0n) is 10.6. The summed E-state index contributed by atoms with van der Waals surface area (Å²) in [6.45, 7) is 0.462. The van der Waals surface area contributed by atoms with E-state index >= 15 is 0 Å². The Morgan fingerprint density at radius 2 is 2.11 bits per heavy atom. The summed E-state index contributed by atoms with van der Waals surface area (Å²) >= 11 is 4.41. The Morgan fingerprint density at radius 1 is 1.42 bits per heavy atom. The second kappa shape index (κ2) is 5.73. The predicted molar refractivity (Wildman–Crippen MR) is 74.5 cm³/mol. The summed E-state index contributed by atoms with van der Waals surface area (Å²) in [5.41, 5.74) is -0.621. The maximum Gasteiger partial charge on any atom is 0.347 e. The molecular weight excluding hydrogens is 266 g/mol. The van der Waals surface area contributed by atoms with Crippen LogP contribution in [0.5, 0.6) is 0 Å². The fourth-order valence-corrected chi connectivity index (χ4v) is 3.10. The fraction of sp³-hybridized carbons (Fsp3) is 0.667. The van der Waals surface area contributed by atoms with Gasteiger partial charge in [-0.25, -0.2) is 4.79 Å². The van der Waals surface area contributed by atoms with Crippen LogP contribution in [0.2, 0.25) is 0 Å². The first-order valence-electron chi connectivity index (χ1n) is 6.38. The molecule has 104 valence electrons. The zero-order valence-corrected chi connectivity index (χ0v) is 11.5. The van der Waals surface area contributed by atoms with Crippen molar-refractivity contribution in [2.24, 2.45) is 5.41 Å². The molecule has 0 unspecified atom stereocenters. The largest absolute Gasteiger partial charge is 0.347 e. The first kappa shape index (κ1) is 14.0. The maximum atomic E-state index is 11.7. The van der Waals surface area contributed by atoms with Crippen LogP contribution in [0.1, 0.15) is 32.1 Å². The molecule has 2 rings (SSSR count). The quantitative estimate of drug-likeness (QED) is 0.521. The first-order valence-corrected chi connectivity index (χ1v) is 7.01. The van der Waals surface area contributed by atoms with Crippen LogP contribution >= 0.6 is 12.6 Å². The van der Waals surface area contributed by atoms with Crippen LogP contribution in [0.4, 0.5) is 5.69 Å². The van der Waals surface area contributed by atoms with Crippen molar-refractivity contribution >= 4 is 18.3 Å². The summed E-state index contributed by atoms with van der Waals surface area (Å²) < 4.78 is 1.36. The smallest absolute Gasteiger partial charge is 0.292 e. The molecule has 0 atom stereocenters. The van der Waals surface area contributed by atoms with Gasteiger partial charge in [-0.2, -0.15) is 17.6 Å². The van der Waals surface area contributed by atoms with Crippen LogP contribution in [0.3, 0.4) is 0 Å². The average Bonchev–Trinajstić information content (AvgIpc) is 2.42. The van der Waals surface area contributed by atoms with Crippen molar-refractivity contribution in [1.29, 1.82) is 0 Å². The zero-order chi connectivity index (χ0) is 13.9. The van der Waals surface area contributed by atoms with Gasteiger partial charge in [0.05, 0.1) is 11.1 Å². The van der Waals surface area contributed by atoms with Gasteiger partial charge in [0.2, 0.25) is 0 Å². The van der Waals surface area contributed by atoms with Crippen molar-refractivity contribution in [3.05, 3.63) is 33.0 Å². The molecule has 1 aliphatic rings. The topological polar surface area (TPSA) is 78.0 Å². The van der Waals surface area contributed by atoms with E-state index in [4.69, 9.17) is 0 Å². The lowest BCUT2D eigenvalue weighted by molar-refractivity contribution is -0.385. The Balaban J connectivity index is 2.28. The first-order chi connectivity index (χ1) is 9.06. The van der Waals surface area contributed by atoms with E-state index in [2.05, 4.69) is 17.6 Å². The van der Waals surface area contributed by atoms with Crippen LogP contribution in [0.15, 0.2) is 17.2 Å². The molecule has 0 saturated heterocycles. The highest BCUT2D eigenvalue weighted by atomic mass is 32.1. The molecule has 1 fully saturated rings. The highest BCUT2D eigenvalue weighted by Gasteiger charge is 2.31. The molecule has 0 N–H and O–H groups in total. The summed E-state index contributed by atoms with van der Waals surface area (Å²) in [6.07, 6.45) is 7.76. The van der Waals surface area contributed by atoms with Crippen molar-refractivity contribution in [1.82, 2.24) is 9.55 Å². The third kappa shape index (κ3) is 3.15. The van der Waals surface area contributed by atoms with Crippen molar-refractivity contribution in [2.75, 3.05) is 5.75 Å². The van der Waals surface area contributed by atoms with Crippen molar-refractivity contribution in [2.45, 2.75) is 38.6 Å². The van der Waals surface area contributed by atoms with Crippen LogP contribution in [0.25, 0.3) is 0 Å². The van der Waals surface area contributed by atoms with Gasteiger partial charge >= 0.3 is 11.4 Å². The third-order valence-electron chi connectivity index (χ3n) is 3.81. The Kier molecular flexibility index (Phi) is 4.24. The monoisotopic (exact) mass is 283 g/mol. The lowest BCUT2D eigenvalue weighted by Crippen LogP contribution is -2.36. The summed E-state index contributed by atoms with van der Waals surface area (Å²) in [5.74, 6) is 0.683. The van der Waals surface area contributed by atoms with E-state index in [0.717, 1.165) is 31.9 Å². The Bertz CT molecular complexity index is 523. The molecule has 19 heavy (non-hydrogen) atoms. The highest BCUT2D eigenvalue weighted by molar-refractivity contribution is 7.80. The number of aromatic nitrogens is 2. The summed E-state index contributed by atoms with van der Waals surface area (Å²) in [4.78, 5) is 25.5. The fourth-order valence-electron chi connectivity index (χ4n) is 2.68. The van der Waals surface area contributed by atoms with Crippen LogP contribution < -0.4 is 5.69 Å². The molecule has 1 aromatic heterocycles. The van der Waals surface area contributed by atoms with Crippen molar-refractivity contribution < 1.29 is 4.92 Å². The van der Waals surface area contributed by atoms with E-state index in [1.807, 2.05) is 0 Å². The maximum absolute atomic E-state index is 11.7. The average molecular weight is 283 g/mol. The minimum absolute atomic E-state index is 0.0396. The molecule has 0 amide bonds. The molecule has 1 saturated carbocycles. The molecule has 1 heterocycles. The molecule has 0 spiro atoms. The van der Waals surface area contributed by atoms with Gasteiger partial charge in [-0.3, -0.25) is 14.7 Å². The molecular formula is C12H17N3O3S. The Morgan fingerprint density at radius 3 is 2.68 bits per heavy atom. The van der Waals surface area contributed by atoms with E-state index in [1.165, 1.54) is 17.2 Å². The van der Waals surface area contributed by atoms with Crippen LogP contribution in [-0.4, -0.2) is 20.2 Å². The van der Waals surface area contributed by atoms with Gasteiger partial charge in [-0.15, -0.1) is 0 Å². The third-order valence-corrected chi connectivity index (χ3v) is 4.48. The Hall–Kier alpha value is -1.37. The molecule has 0 radical (unpaired) electrons. The molecule has 7 heteroatoms. The van der Waals surface area contributed by atoms with Gasteiger partial charge in [0, 0.05) is 6.54 Å². The number of hydrogen-bond donors (Lipinski definition) is 1. The van der Waals surface area contributed by atoms with E-state index in [0.29, 0.717) is 12.3 Å². The lowest BCUT2D eigenvalue weighted by Gasteiger charge is -2.36. The number of rotatable bonds is 4. The predicted octanol–water partition coefficient (Wildman–Crippen LogP) is 2.03. The number of hydrogen-bond acceptors (Lipinski definition) is 5. The molecule has 6 nitrogen and oxygen atoms in total. The summed E-state index contributed by atoms with van der Waals surface area (Å²) in [6, 6.07) is 0. The van der Waals surface area contributed by atoms with E-state index < -0.39 is 10.6 Å². The minimum Gasteiger partial charge on any atom is -0.292 e. The normalized spacial score (nSPS) is 18.2. The van der Waals surface area contributed by atoms with E-state index in [1.54, 1.807) is 0 Å².